The molecule has 0 bridgehead atoms. The Kier molecular flexibility index (Phi) is 5.93. The van der Waals surface area contributed by atoms with Gasteiger partial charge in [-0.05, 0) is 37.6 Å². The van der Waals surface area contributed by atoms with Crippen LogP contribution >= 0.6 is 0 Å². The lowest BCUT2D eigenvalue weighted by Gasteiger charge is -2.21. The Labute approximate surface area is 142 Å². The van der Waals surface area contributed by atoms with Crippen molar-refractivity contribution < 1.29 is 9.18 Å². The second-order valence-corrected chi connectivity index (χ2v) is 6.20. The molecule has 5 heteroatoms. The van der Waals surface area contributed by atoms with Crippen molar-refractivity contribution in [3.05, 3.63) is 59.9 Å². The highest BCUT2D eigenvalue weighted by atomic mass is 19.1. The Balaban J connectivity index is 2.15. The Morgan fingerprint density at radius 1 is 1.04 bits per heavy atom. The van der Waals surface area contributed by atoms with Gasteiger partial charge in [0.05, 0.1) is 17.3 Å². The van der Waals surface area contributed by atoms with Crippen molar-refractivity contribution in [1.82, 2.24) is 0 Å². The van der Waals surface area contributed by atoms with E-state index < -0.39 is 17.8 Å². The number of rotatable bonds is 6. The molecular formula is C19H24FN3O. The lowest BCUT2D eigenvalue weighted by molar-refractivity contribution is -0.120. The lowest BCUT2D eigenvalue weighted by atomic mass is 9.94. The van der Waals surface area contributed by atoms with Gasteiger partial charge in [0.2, 0.25) is 5.91 Å². The minimum Gasteiger partial charge on any atom is -0.381 e. The van der Waals surface area contributed by atoms with E-state index in [0.717, 1.165) is 5.56 Å². The summed E-state index contributed by atoms with van der Waals surface area (Å²) in [6, 6.07) is 13.5. The number of hydrogen-bond donors (Lipinski definition) is 3. The molecule has 2 atom stereocenters. The molecule has 2 unspecified atom stereocenters. The number of amides is 1. The summed E-state index contributed by atoms with van der Waals surface area (Å²) in [6.45, 7) is 5.72. The molecule has 128 valence electrons. The van der Waals surface area contributed by atoms with Gasteiger partial charge >= 0.3 is 0 Å². The van der Waals surface area contributed by atoms with Gasteiger partial charge in [0, 0.05) is 12.1 Å². The third kappa shape index (κ3) is 4.55. The molecule has 2 aromatic carbocycles. The van der Waals surface area contributed by atoms with Crippen molar-refractivity contribution in [3.8, 4) is 0 Å². The molecule has 0 aromatic heterocycles. The van der Waals surface area contributed by atoms with Gasteiger partial charge in [-0.1, -0.05) is 37.3 Å². The molecule has 0 spiro atoms. The molecule has 0 saturated heterocycles. The zero-order chi connectivity index (χ0) is 17.7. The molecule has 1 amide bonds. The fourth-order valence-corrected chi connectivity index (χ4v) is 2.43. The van der Waals surface area contributed by atoms with Crippen molar-refractivity contribution in [1.29, 1.82) is 0 Å². The molecule has 2 aromatic rings. The summed E-state index contributed by atoms with van der Waals surface area (Å²) in [5.41, 5.74) is 8.18. The zero-order valence-corrected chi connectivity index (χ0v) is 14.2. The average Bonchev–Trinajstić information content (AvgIpc) is 2.56. The summed E-state index contributed by atoms with van der Waals surface area (Å²) in [4.78, 5) is 12.5. The van der Waals surface area contributed by atoms with Crippen molar-refractivity contribution in [2.75, 3.05) is 10.6 Å². The van der Waals surface area contributed by atoms with Gasteiger partial charge in [-0.2, -0.15) is 0 Å². The maximum atomic E-state index is 13.6. The Morgan fingerprint density at radius 3 is 2.33 bits per heavy atom. The van der Waals surface area contributed by atoms with E-state index in [2.05, 4.69) is 10.6 Å². The second-order valence-electron chi connectivity index (χ2n) is 6.20. The van der Waals surface area contributed by atoms with Gasteiger partial charge < -0.3 is 16.4 Å². The Bertz CT molecular complexity index is 688. The summed E-state index contributed by atoms with van der Waals surface area (Å²) < 4.78 is 13.6. The topological polar surface area (TPSA) is 67.1 Å². The smallest absolute Gasteiger partial charge is 0.229 e. The quantitative estimate of drug-likeness (QED) is 0.752. The number of carbonyl (C=O) groups excluding carboxylic acids is 1. The molecular weight excluding hydrogens is 305 g/mol. The highest BCUT2D eigenvalue weighted by molar-refractivity contribution is 5.96. The first-order valence-corrected chi connectivity index (χ1v) is 8.06. The van der Waals surface area contributed by atoms with Gasteiger partial charge in [-0.15, -0.1) is 0 Å². The fraction of sp³-hybridized carbons (Fsp3) is 0.316. The minimum absolute atomic E-state index is 0.162. The predicted molar refractivity (Wildman–Crippen MR) is 96.3 cm³/mol. The normalized spacial score (nSPS) is 13.4. The van der Waals surface area contributed by atoms with Gasteiger partial charge in [-0.25, -0.2) is 4.39 Å². The van der Waals surface area contributed by atoms with Crippen LogP contribution in [0.15, 0.2) is 48.5 Å². The molecule has 4 N–H and O–H groups in total. The highest BCUT2D eigenvalue weighted by Crippen LogP contribution is 2.26. The second kappa shape index (κ2) is 7.93. The zero-order valence-electron chi connectivity index (χ0n) is 14.2. The Hall–Kier alpha value is -2.40. The molecule has 0 aliphatic heterocycles. The molecule has 0 aliphatic rings. The van der Waals surface area contributed by atoms with Crippen LogP contribution in [-0.4, -0.2) is 11.9 Å². The van der Waals surface area contributed by atoms with E-state index in [1.165, 1.54) is 12.1 Å². The first-order valence-electron chi connectivity index (χ1n) is 8.06. The number of nitrogens with two attached hydrogens (primary N) is 1. The number of halogens is 1. The van der Waals surface area contributed by atoms with Gasteiger partial charge in [0.1, 0.15) is 5.82 Å². The number of benzene rings is 2. The minimum atomic E-state index is -0.456. The molecule has 0 radical (unpaired) electrons. The van der Waals surface area contributed by atoms with Crippen LogP contribution in [0, 0.1) is 11.7 Å². The SMILES string of the molecule is CC(C)Nc1ccc(F)cc1NC(=O)C(C)C(N)c1ccccc1. The number of nitrogens with one attached hydrogen (secondary N) is 2. The van der Waals surface area contributed by atoms with Crippen LogP contribution in [0.3, 0.4) is 0 Å². The van der Waals surface area contributed by atoms with Crippen LogP contribution in [0.5, 0.6) is 0 Å². The van der Waals surface area contributed by atoms with Crippen molar-refractivity contribution in [2.24, 2.45) is 11.7 Å². The van der Waals surface area contributed by atoms with Crippen molar-refractivity contribution >= 4 is 17.3 Å². The monoisotopic (exact) mass is 329 g/mol. The van der Waals surface area contributed by atoms with Crippen LogP contribution in [0.1, 0.15) is 32.4 Å². The molecule has 0 heterocycles. The van der Waals surface area contributed by atoms with E-state index in [0.29, 0.717) is 11.4 Å². The summed E-state index contributed by atoms with van der Waals surface area (Å²) in [5.74, 6) is -1.11. The molecule has 0 aliphatic carbocycles. The van der Waals surface area contributed by atoms with Gasteiger partial charge in [0.15, 0.2) is 0 Å². The molecule has 0 saturated carbocycles. The van der Waals surface area contributed by atoms with Crippen LogP contribution in [0.25, 0.3) is 0 Å². The van der Waals surface area contributed by atoms with Gasteiger partial charge in [0.25, 0.3) is 0 Å². The standard InChI is InChI=1S/C19H24FN3O/c1-12(2)22-16-10-9-15(20)11-17(16)23-19(24)13(3)18(21)14-7-5-4-6-8-14/h4-13,18,22H,21H2,1-3H3,(H,23,24). The van der Waals surface area contributed by atoms with Crippen LogP contribution in [-0.2, 0) is 4.79 Å². The summed E-state index contributed by atoms with van der Waals surface area (Å²) >= 11 is 0. The summed E-state index contributed by atoms with van der Waals surface area (Å²) in [5, 5.41) is 5.98. The average molecular weight is 329 g/mol. The summed E-state index contributed by atoms with van der Waals surface area (Å²) in [7, 11) is 0. The highest BCUT2D eigenvalue weighted by Gasteiger charge is 2.23. The van der Waals surface area contributed by atoms with Crippen LogP contribution in [0.2, 0.25) is 0 Å². The molecule has 0 fully saturated rings. The third-order valence-electron chi connectivity index (χ3n) is 3.82. The van der Waals surface area contributed by atoms with Crippen LogP contribution < -0.4 is 16.4 Å². The Morgan fingerprint density at radius 2 is 1.71 bits per heavy atom. The van der Waals surface area contributed by atoms with E-state index in [9.17, 15) is 9.18 Å². The first-order chi connectivity index (χ1) is 11.4. The third-order valence-corrected chi connectivity index (χ3v) is 3.82. The largest absolute Gasteiger partial charge is 0.381 e. The molecule has 24 heavy (non-hydrogen) atoms. The number of carbonyl (C=O) groups is 1. The van der Waals surface area contributed by atoms with E-state index in [-0.39, 0.29) is 11.9 Å². The van der Waals surface area contributed by atoms with Crippen LogP contribution in [0.4, 0.5) is 15.8 Å². The molecule has 4 nitrogen and oxygen atoms in total. The number of anilines is 2. The van der Waals surface area contributed by atoms with E-state index in [1.807, 2.05) is 44.2 Å². The van der Waals surface area contributed by atoms with E-state index >= 15 is 0 Å². The van der Waals surface area contributed by atoms with Gasteiger partial charge in [-0.3, -0.25) is 4.79 Å². The van der Waals surface area contributed by atoms with E-state index in [4.69, 9.17) is 5.73 Å². The maximum absolute atomic E-state index is 13.6. The number of hydrogen-bond acceptors (Lipinski definition) is 3. The molecule has 2 rings (SSSR count). The summed E-state index contributed by atoms with van der Waals surface area (Å²) in [6.07, 6.45) is 0. The first kappa shape index (κ1) is 17.9. The fourth-order valence-electron chi connectivity index (χ4n) is 2.43. The van der Waals surface area contributed by atoms with E-state index in [1.54, 1.807) is 13.0 Å². The van der Waals surface area contributed by atoms with Crippen molar-refractivity contribution in [2.45, 2.75) is 32.9 Å². The maximum Gasteiger partial charge on any atom is 0.229 e. The van der Waals surface area contributed by atoms with Crippen molar-refractivity contribution in [3.63, 3.8) is 0 Å². The lowest BCUT2D eigenvalue weighted by Crippen LogP contribution is -2.30. The predicted octanol–water partition coefficient (Wildman–Crippen LogP) is 3.92.